The van der Waals surface area contributed by atoms with Gasteiger partial charge in [-0.3, -0.25) is 4.90 Å². The third-order valence-corrected chi connectivity index (χ3v) is 9.45. The molecule has 9 nitrogen and oxygen atoms in total. The van der Waals surface area contributed by atoms with Crippen LogP contribution in [-0.4, -0.2) is 54.8 Å². The number of aromatic nitrogens is 4. The van der Waals surface area contributed by atoms with Crippen LogP contribution < -0.4 is 10.6 Å². The van der Waals surface area contributed by atoms with Gasteiger partial charge in [0, 0.05) is 23.7 Å². The van der Waals surface area contributed by atoms with Crippen molar-refractivity contribution in [3.05, 3.63) is 30.0 Å². The highest BCUT2D eigenvalue weighted by Gasteiger charge is 2.52. The number of amides is 2. The molecule has 182 valence electrons. The van der Waals surface area contributed by atoms with E-state index in [0.717, 1.165) is 48.7 Å². The van der Waals surface area contributed by atoms with E-state index in [1.165, 1.54) is 51.4 Å². The Labute approximate surface area is 200 Å². The number of hydrogen-bond donors (Lipinski definition) is 2. The van der Waals surface area contributed by atoms with Crippen LogP contribution in [0.1, 0.15) is 75.8 Å². The number of rotatable bonds is 6. The van der Waals surface area contributed by atoms with Crippen molar-refractivity contribution < 1.29 is 9.21 Å². The van der Waals surface area contributed by atoms with Gasteiger partial charge >= 0.3 is 6.03 Å². The summed E-state index contributed by atoms with van der Waals surface area (Å²) < 4.78 is 7.30. The minimum absolute atomic E-state index is 0.0715. The van der Waals surface area contributed by atoms with Gasteiger partial charge < -0.3 is 15.1 Å². The Balaban J connectivity index is 0.962. The second-order valence-corrected chi connectivity index (χ2v) is 11.9. The van der Waals surface area contributed by atoms with E-state index < -0.39 is 0 Å². The van der Waals surface area contributed by atoms with Gasteiger partial charge in [-0.2, -0.15) is 0 Å². The zero-order valence-corrected chi connectivity index (χ0v) is 19.7. The minimum Gasteiger partial charge on any atom is -0.467 e. The second kappa shape index (κ2) is 8.07. The highest BCUT2D eigenvalue weighted by atomic mass is 16.3. The number of carbonyl (C=O) groups excluding carboxylic acids is 1. The molecular weight excluding hydrogens is 430 g/mol. The molecule has 2 aromatic rings. The molecular formula is C25H35N7O2. The summed E-state index contributed by atoms with van der Waals surface area (Å²) in [6.07, 6.45) is 13.8. The first kappa shape index (κ1) is 20.9. The van der Waals surface area contributed by atoms with Crippen molar-refractivity contribution >= 4 is 6.03 Å². The third-order valence-electron chi connectivity index (χ3n) is 9.45. The van der Waals surface area contributed by atoms with E-state index in [1.54, 1.807) is 6.26 Å². The molecule has 4 aliphatic carbocycles. The Morgan fingerprint density at radius 2 is 1.74 bits per heavy atom. The molecule has 6 bridgehead atoms. The number of nitrogens with zero attached hydrogens (tertiary/aromatic N) is 5. The molecule has 0 spiro atoms. The molecule has 6 aliphatic rings. The van der Waals surface area contributed by atoms with Crippen LogP contribution in [0.2, 0.25) is 0 Å². The van der Waals surface area contributed by atoms with Crippen molar-refractivity contribution in [3.8, 4) is 0 Å². The number of tetrazole rings is 1. The molecule has 8 rings (SSSR count). The number of piperidine rings is 1. The van der Waals surface area contributed by atoms with E-state index in [-0.39, 0.29) is 17.6 Å². The molecule has 2 saturated heterocycles. The summed E-state index contributed by atoms with van der Waals surface area (Å²) in [5, 5.41) is 19.3. The maximum absolute atomic E-state index is 13.1. The Kier molecular flexibility index (Phi) is 4.96. The van der Waals surface area contributed by atoms with Crippen LogP contribution in [0.4, 0.5) is 4.79 Å². The summed E-state index contributed by atoms with van der Waals surface area (Å²) in [6, 6.07) is 5.09. The first-order valence-corrected chi connectivity index (χ1v) is 13.2. The van der Waals surface area contributed by atoms with E-state index in [2.05, 4.69) is 31.1 Å². The van der Waals surface area contributed by atoms with E-state index >= 15 is 0 Å². The van der Waals surface area contributed by atoms with Gasteiger partial charge in [-0.1, -0.05) is 0 Å². The highest BCUT2D eigenvalue weighted by molar-refractivity contribution is 5.75. The number of urea groups is 1. The van der Waals surface area contributed by atoms with Crippen molar-refractivity contribution in [3.63, 3.8) is 0 Å². The normalized spacial score (nSPS) is 38.4. The Morgan fingerprint density at radius 1 is 1.03 bits per heavy atom. The number of nitrogens with one attached hydrogen (secondary N) is 2. The summed E-state index contributed by atoms with van der Waals surface area (Å²) in [6.45, 7) is 1.29. The van der Waals surface area contributed by atoms with E-state index in [4.69, 9.17) is 4.42 Å². The Morgan fingerprint density at radius 3 is 2.38 bits per heavy atom. The summed E-state index contributed by atoms with van der Waals surface area (Å²) in [5.74, 6) is 4.25. The van der Waals surface area contributed by atoms with Gasteiger partial charge in [0.05, 0.1) is 12.8 Å². The van der Waals surface area contributed by atoms with E-state index in [0.29, 0.717) is 18.6 Å². The van der Waals surface area contributed by atoms with Gasteiger partial charge in [-0.15, -0.1) is 5.10 Å². The zero-order chi connectivity index (χ0) is 22.7. The van der Waals surface area contributed by atoms with Crippen molar-refractivity contribution in [2.75, 3.05) is 0 Å². The minimum atomic E-state index is 0.0715. The largest absolute Gasteiger partial charge is 0.467 e. The fourth-order valence-electron chi connectivity index (χ4n) is 8.55. The third kappa shape index (κ3) is 3.82. The quantitative estimate of drug-likeness (QED) is 0.680. The van der Waals surface area contributed by atoms with Crippen molar-refractivity contribution in [2.24, 2.45) is 17.8 Å². The van der Waals surface area contributed by atoms with Crippen LogP contribution >= 0.6 is 0 Å². The molecule has 9 heteroatoms. The van der Waals surface area contributed by atoms with Crippen LogP contribution in [0, 0.1) is 17.8 Å². The Hall–Kier alpha value is -2.42. The number of hydrogen-bond acceptors (Lipinski definition) is 6. The standard InChI is InChI=1S/C25H35N7O2/c33-24(27-25-11-16-6-17(12-25)8-18(7-16)13-25)26-19-9-20-3-4-21(10-19)31(20)15-23-28-29-30-32(23)14-22-2-1-5-34-22/h1-2,5,16-21H,3-4,6-15H2,(H2,26,27,33)/t16?,17?,18?,19?,20-,21+,25?. The molecule has 4 saturated carbocycles. The second-order valence-electron chi connectivity index (χ2n) is 11.9. The van der Waals surface area contributed by atoms with Crippen molar-refractivity contribution in [1.82, 2.24) is 35.7 Å². The first-order valence-electron chi connectivity index (χ1n) is 13.2. The van der Waals surface area contributed by atoms with Gasteiger partial charge in [0.15, 0.2) is 5.82 Å². The molecule has 0 radical (unpaired) electrons. The van der Waals surface area contributed by atoms with E-state index in [9.17, 15) is 4.79 Å². The monoisotopic (exact) mass is 465 g/mol. The molecule has 6 fully saturated rings. The number of fused-ring (bicyclic) bond motifs is 2. The van der Waals surface area contributed by atoms with E-state index in [1.807, 2.05) is 16.8 Å². The summed E-state index contributed by atoms with van der Waals surface area (Å²) in [5.41, 5.74) is 0.0730. The lowest BCUT2D eigenvalue weighted by Crippen LogP contribution is -2.62. The predicted molar refractivity (Wildman–Crippen MR) is 124 cm³/mol. The van der Waals surface area contributed by atoms with Crippen molar-refractivity contribution in [2.45, 2.75) is 101 Å². The average Bonchev–Trinajstić information content (AvgIpc) is 3.49. The molecule has 34 heavy (non-hydrogen) atoms. The number of furan rings is 1. The molecule has 2 amide bonds. The molecule has 1 unspecified atom stereocenters. The van der Waals surface area contributed by atoms with Crippen LogP contribution in [0.5, 0.6) is 0 Å². The van der Waals surface area contributed by atoms with Gasteiger partial charge in [-0.25, -0.2) is 9.48 Å². The Bertz CT molecular complexity index is 985. The molecule has 0 aromatic carbocycles. The topological polar surface area (TPSA) is 101 Å². The fraction of sp³-hybridized carbons (Fsp3) is 0.760. The SMILES string of the molecule is O=C(NC1C[C@H]2CC[C@@H](C1)N2Cc1nnnn1Cc1ccco1)NC12CC3CC(CC(C3)C1)C2. The van der Waals surface area contributed by atoms with Gasteiger partial charge in [0.1, 0.15) is 12.3 Å². The summed E-state index contributed by atoms with van der Waals surface area (Å²) in [4.78, 5) is 15.6. The molecule has 2 aromatic heterocycles. The number of carbonyl (C=O) groups is 1. The van der Waals surface area contributed by atoms with Crippen LogP contribution in [0.25, 0.3) is 0 Å². The maximum atomic E-state index is 13.1. The van der Waals surface area contributed by atoms with Gasteiger partial charge in [0.25, 0.3) is 0 Å². The summed E-state index contributed by atoms with van der Waals surface area (Å²) >= 11 is 0. The fourth-order valence-corrected chi connectivity index (χ4v) is 8.55. The van der Waals surface area contributed by atoms with Crippen molar-refractivity contribution in [1.29, 1.82) is 0 Å². The summed E-state index contributed by atoms with van der Waals surface area (Å²) in [7, 11) is 0. The smallest absolute Gasteiger partial charge is 0.315 e. The predicted octanol–water partition coefficient (Wildman–Crippen LogP) is 3.08. The first-order chi connectivity index (χ1) is 16.6. The van der Waals surface area contributed by atoms with Crippen LogP contribution in [0.15, 0.2) is 22.8 Å². The lowest BCUT2D eigenvalue weighted by Gasteiger charge is -2.56. The molecule has 2 aliphatic heterocycles. The highest BCUT2D eigenvalue weighted by Crippen LogP contribution is 2.55. The maximum Gasteiger partial charge on any atom is 0.315 e. The van der Waals surface area contributed by atoms with Crippen LogP contribution in [0.3, 0.4) is 0 Å². The molecule has 3 atom stereocenters. The lowest BCUT2D eigenvalue weighted by atomic mass is 9.53. The molecule has 4 heterocycles. The molecule has 2 N–H and O–H groups in total. The van der Waals surface area contributed by atoms with Gasteiger partial charge in [0.2, 0.25) is 0 Å². The van der Waals surface area contributed by atoms with Crippen LogP contribution in [-0.2, 0) is 13.1 Å². The lowest BCUT2D eigenvalue weighted by molar-refractivity contribution is -0.0139. The zero-order valence-electron chi connectivity index (χ0n) is 19.7. The average molecular weight is 466 g/mol. The van der Waals surface area contributed by atoms with Gasteiger partial charge in [-0.05, 0) is 105 Å².